The fourth-order valence-electron chi connectivity index (χ4n) is 4.77. The summed E-state index contributed by atoms with van der Waals surface area (Å²) in [5.74, 6) is 1.63. The smallest absolute Gasteiger partial charge is 0.0131 e. The van der Waals surface area contributed by atoms with Crippen LogP contribution in [-0.2, 0) is 12.8 Å². The van der Waals surface area contributed by atoms with E-state index in [4.69, 9.17) is 5.73 Å². The van der Waals surface area contributed by atoms with Crippen LogP contribution in [0.15, 0.2) is 18.2 Å². The van der Waals surface area contributed by atoms with Gasteiger partial charge in [-0.05, 0) is 74.0 Å². The van der Waals surface area contributed by atoms with E-state index in [1.165, 1.54) is 64.2 Å². The van der Waals surface area contributed by atoms with E-state index in [1.54, 1.807) is 16.7 Å². The molecular formula is C22H35N. The first kappa shape index (κ1) is 17.0. The van der Waals surface area contributed by atoms with Crippen molar-refractivity contribution < 1.29 is 0 Å². The highest BCUT2D eigenvalue weighted by Gasteiger charge is 2.32. The van der Waals surface area contributed by atoms with Gasteiger partial charge in [-0.3, -0.25) is 0 Å². The summed E-state index contributed by atoms with van der Waals surface area (Å²) < 4.78 is 0. The van der Waals surface area contributed by atoms with Gasteiger partial charge in [-0.15, -0.1) is 0 Å². The molecule has 1 fully saturated rings. The predicted octanol–water partition coefficient (Wildman–Crippen LogP) is 5.75. The van der Waals surface area contributed by atoms with Crippen LogP contribution < -0.4 is 5.73 Å². The molecule has 1 heteroatoms. The van der Waals surface area contributed by atoms with Gasteiger partial charge >= 0.3 is 0 Å². The van der Waals surface area contributed by atoms with Crippen LogP contribution in [0, 0.1) is 5.92 Å². The summed E-state index contributed by atoms with van der Waals surface area (Å²) in [7, 11) is 0. The molecule has 0 radical (unpaired) electrons. The number of unbranched alkanes of at least 4 members (excludes halogenated alkanes) is 3. The maximum absolute atomic E-state index is 6.33. The molecule has 0 spiro atoms. The molecule has 0 unspecified atom stereocenters. The third kappa shape index (κ3) is 4.38. The van der Waals surface area contributed by atoms with Gasteiger partial charge in [0.2, 0.25) is 0 Å². The second kappa shape index (κ2) is 7.38. The van der Waals surface area contributed by atoms with Crippen molar-refractivity contribution in [1.29, 1.82) is 0 Å². The molecule has 23 heavy (non-hydrogen) atoms. The molecule has 2 N–H and O–H groups in total. The summed E-state index contributed by atoms with van der Waals surface area (Å²) in [6.45, 7) is 4.51. The van der Waals surface area contributed by atoms with Crippen LogP contribution in [-0.4, -0.2) is 5.54 Å². The quantitative estimate of drug-likeness (QED) is 0.665. The summed E-state index contributed by atoms with van der Waals surface area (Å²) >= 11 is 0. The van der Waals surface area contributed by atoms with Crippen molar-refractivity contribution in [3.05, 3.63) is 34.9 Å². The molecule has 1 aromatic rings. The van der Waals surface area contributed by atoms with Crippen LogP contribution in [0.25, 0.3) is 0 Å². The second-order valence-corrected chi connectivity index (χ2v) is 8.58. The molecule has 0 bridgehead atoms. The maximum Gasteiger partial charge on any atom is 0.0131 e. The van der Waals surface area contributed by atoms with Crippen molar-refractivity contribution in [3.63, 3.8) is 0 Å². The average Bonchev–Trinajstić information content (AvgIpc) is 2.91. The van der Waals surface area contributed by atoms with Crippen molar-refractivity contribution in [1.82, 2.24) is 0 Å². The Labute approximate surface area is 143 Å². The molecule has 2 aliphatic rings. The van der Waals surface area contributed by atoms with E-state index >= 15 is 0 Å². The second-order valence-electron chi connectivity index (χ2n) is 8.58. The Morgan fingerprint density at radius 2 is 2.00 bits per heavy atom. The van der Waals surface area contributed by atoms with Gasteiger partial charge in [0, 0.05) is 5.54 Å². The number of nitrogens with two attached hydrogens (primary N) is 1. The lowest BCUT2D eigenvalue weighted by molar-refractivity contribution is 0.405. The molecule has 3 atom stereocenters. The van der Waals surface area contributed by atoms with Crippen molar-refractivity contribution in [2.75, 3.05) is 0 Å². The molecule has 0 aromatic heterocycles. The van der Waals surface area contributed by atoms with Crippen LogP contribution in [0.3, 0.4) is 0 Å². The van der Waals surface area contributed by atoms with E-state index < -0.39 is 0 Å². The van der Waals surface area contributed by atoms with Gasteiger partial charge in [0.15, 0.2) is 0 Å². The zero-order valence-corrected chi connectivity index (χ0v) is 15.2. The number of benzene rings is 1. The van der Waals surface area contributed by atoms with Crippen molar-refractivity contribution >= 4 is 0 Å². The Morgan fingerprint density at radius 3 is 2.74 bits per heavy atom. The summed E-state index contributed by atoms with van der Waals surface area (Å²) in [5.41, 5.74) is 11.2. The van der Waals surface area contributed by atoms with Gasteiger partial charge in [-0.1, -0.05) is 57.2 Å². The SMILES string of the molecule is CCCCCC[C@@H]1CCc2cc([C@@H]3CC[C@@](C)(N)C3)ccc2C1. The minimum atomic E-state index is 0.0597. The van der Waals surface area contributed by atoms with Crippen molar-refractivity contribution in [2.45, 2.75) is 95.9 Å². The fraction of sp³-hybridized carbons (Fsp3) is 0.727. The topological polar surface area (TPSA) is 26.0 Å². The Morgan fingerprint density at radius 1 is 1.13 bits per heavy atom. The highest BCUT2D eigenvalue weighted by Crippen LogP contribution is 2.40. The largest absolute Gasteiger partial charge is 0.325 e. The average molecular weight is 314 g/mol. The standard InChI is InChI=1S/C22H35N/c1-3-4-5-6-7-17-8-9-19-15-20(11-10-18(19)14-17)21-12-13-22(2,23)16-21/h10-11,15,17,21H,3-9,12-14,16,23H2,1-2H3/t17-,21-,22-/m1/s1. The molecule has 0 aliphatic heterocycles. The zero-order chi connectivity index (χ0) is 16.3. The molecule has 1 aromatic carbocycles. The third-order valence-corrected chi connectivity index (χ3v) is 6.27. The number of rotatable bonds is 6. The van der Waals surface area contributed by atoms with Crippen LogP contribution >= 0.6 is 0 Å². The van der Waals surface area contributed by atoms with E-state index in [0.29, 0.717) is 5.92 Å². The maximum atomic E-state index is 6.33. The first-order chi connectivity index (χ1) is 11.1. The fourth-order valence-corrected chi connectivity index (χ4v) is 4.77. The third-order valence-electron chi connectivity index (χ3n) is 6.27. The predicted molar refractivity (Wildman–Crippen MR) is 99.9 cm³/mol. The summed E-state index contributed by atoms with van der Waals surface area (Å²) in [5, 5.41) is 0. The molecule has 0 saturated heterocycles. The lowest BCUT2D eigenvalue weighted by Gasteiger charge is -2.26. The highest BCUT2D eigenvalue weighted by molar-refractivity contribution is 5.36. The first-order valence-electron chi connectivity index (χ1n) is 9.98. The summed E-state index contributed by atoms with van der Waals surface area (Å²) in [6, 6.07) is 7.37. The monoisotopic (exact) mass is 313 g/mol. The summed E-state index contributed by atoms with van der Waals surface area (Å²) in [6.07, 6.45) is 14.7. The molecule has 0 amide bonds. The Kier molecular flexibility index (Phi) is 5.46. The van der Waals surface area contributed by atoms with Crippen molar-refractivity contribution in [3.8, 4) is 0 Å². The lowest BCUT2D eigenvalue weighted by Crippen LogP contribution is -2.32. The van der Waals surface area contributed by atoms with Gasteiger partial charge < -0.3 is 5.73 Å². The number of hydrogen-bond acceptors (Lipinski definition) is 1. The first-order valence-corrected chi connectivity index (χ1v) is 9.98. The number of fused-ring (bicyclic) bond motifs is 1. The van der Waals surface area contributed by atoms with Gasteiger partial charge in [0.25, 0.3) is 0 Å². The molecule has 1 saturated carbocycles. The van der Waals surface area contributed by atoms with Gasteiger partial charge in [0.05, 0.1) is 0 Å². The molecular weight excluding hydrogens is 278 g/mol. The normalized spacial score (nSPS) is 30.4. The Hall–Kier alpha value is -0.820. The van der Waals surface area contributed by atoms with Gasteiger partial charge in [0.1, 0.15) is 0 Å². The minimum Gasteiger partial charge on any atom is -0.325 e. The van der Waals surface area contributed by atoms with E-state index in [1.807, 2.05) is 0 Å². The molecule has 2 aliphatic carbocycles. The zero-order valence-electron chi connectivity index (χ0n) is 15.2. The van der Waals surface area contributed by atoms with Gasteiger partial charge in [-0.25, -0.2) is 0 Å². The van der Waals surface area contributed by atoms with Crippen LogP contribution in [0.1, 0.15) is 94.2 Å². The minimum absolute atomic E-state index is 0.0597. The van der Waals surface area contributed by atoms with E-state index in [9.17, 15) is 0 Å². The summed E-state index contributed by atoms with van der Waals surface area (Å²) in [4.78, 5) is 0. The van der Waals surface area contributed by atoms with Crippen molar-refractivity contribution in [2.24, 2.45) is 11.7 Å². The highest BCUT2D eigenvalue weighted by atomic mass is 14.7. The Balaban J connectivity index is 1.58. The molecule has 128 valence electrons. The van der Waals surface area contributed by atoms with E-state index in [0.717, 1.165) is 12.3 Å². The van der Waals surface area contributed by atoms with Crippen LogP contribution in [0.5, 0.6) is 0 Å². The number of aryl methyl sites for hydroxylation is 1. The van der Waals surface area contributed by atoms with E-state index in [2.05, 4.69) is 32.0 Å². The lowest BCUT2D eigenvalue weighted by atomic mass is 9.79. The Bertz CT molecular complexity index is 517. The van der Waals surface area contributed by atoms with Crippen LogP contribution in [0.2, 0.25) is 0 Å². The molecule has 0 heterocycles. The van der Waals surface area contributed by atoms with Crippen LogP contribution in [0.4, 0.5) is 0 Å². The van der Waals surface area contributed by atoms with E-state index in [-0.39, 0.29) is 5.54 Å². The number of hydrogen-bond donors (Lipinski definition) is 1. The van der Waals surface area contributed by atoms with Gasteiger partial charge in [-0.2, -0.15) is 0 Å². The molecule has 1 nitrogen and oxygen atoms in total. The molecule has 3 rings (SSSR count).